The second kappa shape index (κ2) is 7.68. The number of carbonyl (C=O) groups is 1. The number of hydrogen-bond donors (Lipinski definition) is 2. The number of nitrogens with two attached hydrogens (primary N) is 1. The second-order valence-corrected chi connectivity index (χ2v) is 6.23. The van der Waals surface area contributed by atoms with E-state index in [1.165, 1.54) is 0 Å². The first-order valence-corrected chi connectivity index (χ1v) is 7.48. The summed E-state index contributed by atoms with van der Waals surface area (Å²) in [4.78, 5) is 11.9. The molecule has 0 saturated heterocycles. The van der Waals surface area contributed by atoms with Crippen molar-refractivity contribution < 1.29 is 18.0 Å². The molecular formula is C14H24ClF3N2O. The fourth-order valence-electron chi connectivity index (χ4n) is 3.46. The molecular weight excluding hydrogens is 305 g/mol. The van der Waals surface area contributed by atoms with Crippen LogP contribution in [-0.2, 0) is 4.79 Å². The number of rotatable bonds is 3. The van der Waals surface area contributed by atoms with E-state index in [9.17, 15) is 18.0 Å². The van der Waals surface area contributed by atoms with E-state index in [2.05, 4.69) is 5.32 Å². The van der Waals surface area contributed by atoms with Crippen LogP contribution in [0.25, 0.3) is 0 Å². The molecule has 2 aliphatic rings. The Balaban J connectivity index is 0.00000220. The summed E-state index contributed by atoms with van der Waals surface area (Å²) in [5.41, 5.74) is 5.91. The van der Waals surface area contributed by atoms with E-state index in [1.54, 1.807) is 0 Å². The molecule has 1 amide bonds. The molecule has 0 heterocycles. The fourth-order valence-corrected chi connectivity index (χ4v) is 3.46. The Morgan fingerprint density at radius 1 is 1.14 bits per heavy atom. The molecule has 2 fully saturated rings. The Kier molecular flexibility index (Phi) is 6.78. The Labute approximate surface area is 129 Å². The lowest BCUT2D eigenvalue weighted by Gasteiger charge is -2.31. The zero-order valence-corrected chi connectivity index (χ0v) is 12.8. The average Bonchev–Trinajstić information content (AvgIpc) is 2.74. The van der Waals surface area contributed by atoms with E-state index in [-0.39, 0.29) is 49.2 Å². The van der Waals surface area contributed by atoms with Gasteiger partial charge in [0, 0.05) is 18.5 Å². The first kappa shape index (κ1) is 18.6. The number of amides is 1. The van der Waals surface area contributed by atoms with Gasteiger partial charge >= 0.3 is 6.18 Å². The molecule has 2 rings (SSSR count). The molecule has 0 aliphatic heterocycles. The van der Waals surface area contributed by atoms with Gasteiger partial charge in [-0.2, -0.15) is 13.2 Å². The van der Waals surface area contributed by atoms with Gasteiger partial charge in [-0.15, -0.1) is 12.4 Å². The van der Waals surface area contributed by atoms with Crippen molar-refractivity contribution in [1.82, 2.24) is 5.32 Å². The molecule has 0 aromatic rings. The van der Waals surface area contributed by atoms with Gasteiger partial charge in [-0.25, -0.2) is 0 Å². The van der Waals surface area contributed by atoms with Crippen LogP contribution in [0.4, 0.5) is 13.2 Å². The third kappa shape index (κ3) is 5.33. The summed E-state index contributed by atoms with van der Waals surface area (Å²) in [6, 6.07) is -0.268. The van der Waals surface area contributed by atoms with E-state index < -0.39 is 12.1 Å². The highest BCUT2D eigenvalue weighted by molar-refractivity contribution is 5.85. The summed E-state index contributed by atoms with van der Waals surface area (Å²) in [7, 11) is 0. The van der Waals surface area contributed by atoms with Crippen LogP contribution in [0.2, 0.25) is 0 Å². The van der Waals surface area contributed by atoms with E-state index in [1.807, 2.05) is 0 Å². The highest BCUT2D eigenvalue weighted by Gasteiger charge is 2.42. The van der Waals surface area contributed by atoms with Gasteiger partial charge in [0.15, 0.2) is 0 Å². The molecule has 2 saturated carbocycles. The van der Waals surface area contributed by atoms with Crippen LogP contribution in [-0.4, -0.2) is 24.2 Å². The largest absolute Gasteiger partial charge is 0.391 e. The quantitative estimate of drug-likeness (QED) is 0.836. The van der Waals surface area contributed by atoms with Crippen LogP contribution in [0.15, 0.2) is 0 Å². The molecule has 0 bridgehead atoms. The fraction of sp³-hybridized carbons (Fsp3) is 0.929. The smallest absolute Gasteiger partial charge is 0.353 e. The molecule has 2 unspecified atom stereocenters. The molecule has 2 aliphatic carbocycles. The second-order valence-electron chi connectivity index (χ2n) is 6.23. The van der Waals surface area contributed by atoms with Crippen molar-refractivity contribution in [2.24, 2.45) is 17.6 Å². The van der Waals surface area contributed by atoms with Gasteiger partial charge in [0.1, 0.15) is 0 Å². The standard InChI is InChI=1S/C14H23F3N2O.ClH/c15-14(16,17)10-4-2-5-11(8-10)19-13(20)7-9-3-1-6-12(9)18;/h9-12H,1-8,18H2,(H,19,20);1H/t9-,10?,11?,12+;/m0./s1. The van der Waals surface area contributed by atoms with E-state index in [0.717, 1.165) is 19.3 Å². The third-order valence-electron chi connectivity index (χ3n) is 4.67. The number of halogens is 4. The normalized spacial score (nSPS) is 33.3. The number of nitrogens with one attached hydrogen (secondary N) is 1. The Morgan fingerprint density at radius 2 is 1.81 bits per heavy atom. The van der Waals surface area contributed by atoms with Crippen molar-refractivity contribution in [2.45, 2.75) is 69.6 Å². The van der Waals surface area contributed by atoms with Gasteiger partial charge in [0.05, 0.1) is 5.92 Å². The summed E-state index contributed by atoms with van der Waals surface area (Å²) < 4.78 is 38.1. The number of hydrogen-bond acceptors (Lipinski definition) is 2. The van der Waals surface area contributed by atoms with Crippen molar-refractivity contribution in [3.63, 3.8) is 0 Å². The lowest BCUT2D eigenvalue weighted by Crippen LogP contribution is -2.42. The maximum absolute atomic E-state index is 12.7. The van der Waals surface area contributed by atoms with Crippen molar-refractivity contribution in [1.29, 1.82) is 0 Å². The van der Waals surface area contributed by atoms with Crippen LogP contribution in [0.1, 0.15) is 51.4 Å². The van der Waals surface area contributed by atoms with Crippen LogP contribution in [0.3, 0.4) is 0 Å². The maximum Gasteiger partial charge on any atom is 0.391 e. The van der Waals surface area contributed by atoms with E-state index in [4.69, 9.17) is 5.73 Å². The average molecular weight is 329 g/mol. The van der Waals surface area contributed by atoms with Crippen molar-refractivity contribution >= 4 is 18.3 Å². The van der Waals surface area contributed by atoms with Gasteiger partial charge in [-0.05, 0) is 38.0 Å². The molecule has 3 N–H and O–H groups in total. The lowest BCUT2D eigenvalue weighted by atomic mass is 9.85. The van der Waals surface area contributed by atoms with E-state index >= 15 is 0 Å². The minimum Gasteiger partial charge on any atom is -0.353 e. The molecule has 0 aromatic heterocycles. The van der Waals surface area contributed by atoms with Crippen LogP contribution >= 0.6 is 12.4 Å². The van der Waals surface area contributed by atoms with Crippen LogP contribution < -0.4 is 11.1 Å². The topological polar surface area (TPSA) is 55.1 Å². The molecule has 0 aromatic carbocycles. The van der Waals surface area contributed by atoms with Gasteiger partial charge in [0.25, 0.3) is 0 Å². The summed E-state index contributed by atoms with van der Waals surface area (Å²) >= 11 is 0. The molecule has 0 radical (unpaired) electrons. The zero-order valence-electron chi connectivity index (χ0n) is 12.0. The summed E-state index contributed by atoms with van der Waals surface area (Å²) in [6.45, 7) is 0. The van der Waals surface area contributed by atoms with Gasteiger partial charge in [-0.3, -0.25) is 4.79 Å². The predicted molar refractivity (Wildman–Crippen MR) is 77.1 cm³/mol. The molecule has 7 heteroatoms. The van der Waals surface area contributed by atoms with Crippen LogP contribution in [0, 0.1) is 11.8 Å². The minimum atomic E-state index is -4.14. The number of alkyl halides is 3. The third-order valence-corrected chi connectivity index (χ3v) is 4.67. The van der Waals surface area contributed by atoms with Crippen LogP contribution in [0.5, 0.6) is 0 Å². The lowest BCUT2D eigenvalue weighted by molar-refractivity contribution is -0.184. The van der Waals surface area contributed by atoms with Crippen molar-refractivity contribution in [2.75, 3.05) is 0 Å². The SMILES string of the molecule is Cl.N[C@@H]1CCC[C@H]1CC(=O)NC1CCCC(C(F)(F)F)C1. The Hall–Kier alpha value is -0.490. The molecule has 0 spiro atoms. The summed E-state index contributed by atoms with van der Waals surface area (Å²) in [6.07, 6.45) is 0.522. The molecule has 4 atom stereocenters. The van der Waals surface area contributed by atoms with Gasteiger partial charge in [-0.1, -0.05) is 12.8 Å². The monoisotopic (exact) mass is 328 g/mol. The highest BCUT2D eigenvalue weighted by Crippen LogP contribution is 2.37. The summed E-state index contributed by atoms with van der Waals surface area (Å²) in [5, 5.41) is 2.77. The maximum atomic E-state index is 12.7. The predicted octanol–water partition coefficient (Wildman–Crippen LogP) is 3.16. The van der Waals surface area contributed by atoms with Crippen molar-refractivity contribution in [3.8, 4) is 0 Å². The number of carbonyl (C=O) groups excluding carboxylic acids is 1. The van der Waals surface area contributed by atoms with Gasteiger partial charge < -0.3 is 11.1 Å². The zero-order chi connectivity index (χ0) is 14.8. The minimum absolute atomic E-state index is 0. The Bertz CT molecular complexity index is 352. The van der Waals surface area contributed by atoms with Crippen molar-refractivity contribution in [3.05, 3.63) is 0 Å². The Morgan fingerprint density at radius 3 is 2.38 bits per heavy atom. The van der Waals surface area contributed by atoms with Gasteiger partial charge in [0.2, 0.25) is 5.91 Å². The molecule has 21 heavy (non-hydrogen) atoms. The summed E-state index contributed by atoms with van der Waals surface area (Å²) in [5.74, 6) is -1.22. The first-order chi connectivity index (χ1) is 9.36. The highest BCUT2D eigenvalue weighted by atomic mass is 35.5. The molecule has 3 nitrogen and oxygen atoms in total. The first-order valence-electron chi connectivity index (χ1n) is 7.48. The van der Waals surface area contributed by atoms with E-state index in [0.29, 0.717) is 19.3 Å². The molecule has 124 valence electrons.